The van der Waals surface area contributed by atoms with Crippen LogP contribution in [-0.4, -0.2) is 101 Å². The van der Waals surface area contributed by atoms with Crippen LogP contribution in [0, 0.1) is 5.92 Å². The van der Waals surface area contributed by atoms with Gasteiger partial charge in [-0.25, -0.2) is 18.2 Å². The number of aromatic nitrogens is 1. The van der Waals surface area contributed by atoms with E-state index in [1.807, 2.05) is 42.5 Å². The molecule has 1 aliphatic heterocycles. The van der Waals surface area contributed by atoms with E-state index in [4.69, 9.17) is 14.5 Å². The smallest absolute Gasteiger partial charge is 0.407 e. The van der Waals surface area contributed by atoms with Gasteiger partial charge in [-0.05, 0) is 57.4 Å². The molecular weight excluding hydrogens is 811 g/mol. The third-order valence-corrected chi connectivity index (χ3v) is 13.7. The van der Waals surface area contributed by atoms with Crippen molar-refractivity contribution >= 4 is 50.8 Å². The molecule has 0 spiro atoms. The van der Waals surface area contributed by atoms with E-state index >= 15 is 4.79 Å². The van der Waals surface area contributed by atoms with Crippen LogP contribution in [0.3, 0.4) is 0 Å². The van der Waals surface area contributed by atoms with Crippen LogP contribution in [0.5, 0.6) is 11.5 Å². The van der Waals surface area contributed by atoms with Crippen LogP contribution < -0.4 is 19.5 Å². The standard InChI is InChI=1S/C47H57N5O9S/c1-6-10-12-13-17-21-39(51(46(56)57)24-18-11-7-2)44(54)52-30-34(26-40(52)43(53)49-47(29-33(47)9-4)45(55)50-62(58,59)35-22-23-35)61-42-27-37(32-19-15-14-16-20-32)48-38-28-41(60-5)31(8-3)25-36(38)42/h6-9,14-16,19-20,25,27-28,33-35,39-40H,1-4,10-13,17-18,21-24,26,29-30H2,5H3,(H,49,53)(H,50,55)(H,56,57)/t33-,34-,39+,40+,47-/m1/s1. The highest BCUT2D eigenvalue weighted by Gasteiger charge is 2.62. The lowest BCUT2D eigenvalue weighted by Crippen LogP contribution is -2.58. The molecule has 0 unspecified atom stereocenters. The maximum atomic E-state index is 15.0. The van der Waals surface area contributed by atoms with Crippen molar-refractivity contribution in [3.8, 4) is 22.8 Å². The van der Waals surface area contributed by atoms with Gasteiger partial charge < -0.3 is 24.8 Å². The van der Waals surface area contributed by atoms with E-state index in [0.29, 0.717) is 65.8 Å². The molecule has 62 heavy (non-hydrogen) atoms. The van der Waals surface area contributed by atoms with Gasteiger partial charge in [0.25, 0.3) is 5.91 Å². The number of sulfonamides is 1. The summed E-state index contributed by atoms with van der Waals surface area (Å²) in [6.45, 7) is 15.3. The number of carbonyl (C=O) groups is 4. The van der Waals surface area contributed by atoms with Crippen molar-refractivity contribution in [3.05, 3.63) is 98.6 Å². The van der Waals surface area contributed by atoms with E-state index in [1.165, 1.54) is 11.0 Å². The number of methoxy groups -OCH3 is 1. The lowest BCUT2D eigenvalue weighted by atomic mass is 10.0. The molecular formula is C47H57N5O9S. The Morgan fingerprint density at radius 1 is 1.00 bits per heavy atom. The predicted octanol–water partition coefficient (Wildman–Crippen LogP) is 7.02. The van der Waals surface area contributed by atoms with Gasteiger partial charge in [0.2, 0.25) is 21.8 Å². The summed E-state index contributed by atoms with van der Waals surface area (Å²) in [4.78, 5) is 63.7. The number of pyridine rings is 1. The minimum absolute atomic E-state index is 0.0288. The summed E-state index contributed by atoms with van der Waals surface area (Å²) in [5.41, 5.74) is 1.07. The van der Waals surface area contributed by atoms with E-state index < -0.39 is 68.7 Å². The Morgan fingerprint density at radius 3 is 2.35 bits per heavy atom. The van der Waals surface area contributed by atoms with E-state index in [1.54, 1.807) is 31.4 Å². The lowest BCUT2D eigenvalue weighted by molar-refractivity contribution is -0.143. The quantitative estimate of drug-likeness (QED) is 0.0661. The molecule has 14 nitrogen and oxygen atoms in total. The fraction of sp³-hybridized carbons (Fsp3) is 0.426. The van der Waals surface area contributed by atoms with Crippen LogP contribution >= 0.6 is 0 Å². The van der Waals surface area contributed by atoms with Crippen molar-refractivity contribution in [2.75, 3.05) is 20.2 Å². The molecule has 5 atom stereocenters. The lowest BCUT2D eigenvalue weighted by Gasteiger charge is -2.34. The van der Waals surface area contributed by atoms with Gasteiger partial charge >= 0.3 is 6.09 Å². The summed E-state index contributed by atoms with van der Waals surface area (Å²) < 4.78 is 40.3. The molecule has 15 heteroatoms. The van der Waals surface area contributed by atoms with E-state index in [2.05, 4.69) is 36.4 Å². The van der Waals surface area contributed by atoms with E-state index in [9.17, 15) is 27.9 Å². The molecule has 1 saturated heterocycles. The highest BCUT2D eigenvalue weighted by Crippen LogP contribution is 2.46. The number of likely N-dealkylation sites (tertiary alicyclic amines) is 1. The highest BCUT2D eigenvalue weighted by molar-refractivity contribution is 7.91. The third kappa shape index (κ3) is 10.2. The van der Waals surface area contributed by atoms with E-state index in [0.717, 1.165) is 29.7 Å². The van der Waals surface area contributed by atoms with Crippen LogP contribution in [0.1, 0.15) is 76.2 Å². The zero-order valence-corrected chi connectivity index (χ0v) is 36.1. The zero-order chi connectivity index (χ0) is 44.6. The molecule has 0 bridgehead atoms. The van der Waals surface area contributed by atoms with Crippen molar-refractivity contribution in [1.82, 2.24) is 24.8 Å². The van der Waals surface area contributed by atoms with Crippen LogP contribution in [0.2, 0.25) is 0 Å². The number of allylic oxidation sites excluding steroid dienone is 2. The van der Waals surface area contributed by atoms with Crippen LogP contribution in [0.25, 0.3) is 28.2 Å². The predicted molar refractivity (Wildman–Crippen MR) is 239 cm³/mol. The minimum atomic E-state index is -3.95. The molecule has 3 N–H and O–H groups in total. The average molecular weight is 868 g/mol. The molecule has 2 saturated carbocycles. The molecule has 3 aliphatic rings. The largest absolute Gasteiger partial charge is 0.496 e. The first kappa shape index (κ1) is 45.6. The second-order valence-electron chi connectivity index (χ2n) is 16.2. The number of rotatable bonds is 23. The summed E-state index contributed by atoms with van der Waals surface area (Å²) >= 11 is 0. The Bertz CT molecular complexity index is 2310. The third-order valence-electron chi connectivity index (χ3n) is 11.9. The van der Waals surface area contributed by atoms with Gasteiger partial charge in [0.05, 0.1) is 30.1 Å². The van der Waals surface area contributed by atoms with Gasteiger partial charge in [-0.2, -0.15) is 0 Å². The van der Waals surface area contributed by atoms with Crippen molar-refractivity contribution in [2.24, 2.45) is 5.92 Å². The van der Waals surface area contributed by atoms with Gasteiger partial charge in [-0.3, -0.25) is 24.0 Å². The van der Waals surface area contributed by atoms with Crippen molar-refractivity contribution in [2.45, 2.75) is 99.6 Å². The molecule has 2 heterocycles. The number of nitrogens with one attached hydrogen (secondary N) is 2. The summed E-state index contributed by atoms with van der Waals surface area (Å²) in [5.74, 6) is -1.73. The summed E-state index contributed by atoms with van der Waals surface area (Å²) in [5, 5.41) is 13.3. The second-order valence-corrected chi connectivity index (χ2v) is 18.2. The Kier molecular flexibility index (Phi) is 14.6. The number of amides is 4. The number of hydrogen-bond donors (Lipinski definition) is 3. The average Bonchev–Trinajstić information content (AvgIpc) is 4.20. The van der Waals surface area contributed by atoms with Crippen LogP contribution in [0.4, 0.5) is 4.79 Å². The first-order chi connectivity index (χ1) is 29.8. The second kappa shape index (κ2) is 19.8. The van der Waals surface area contributed by atoms with Gasteiger partial charge in [-0.1, -0.05) is 74.1 Å². The molecule has 6 rings (SSSR count). The van der Waals surface area contributed by atoms with Gasteiger partial charge in [0.15, 0.2) is 0 Å². The SMILES string of the molecule is C=CCCCCC[C@@H](C(=O)N1C[C@H](Oc2cc(-c3ccccc3)nc3cc(OC)c(C=C)cc23)C[C@H]1C(=O)N[C@]1(C(=O)NS(=O)(=O)C2CC2)C[C@H]1C=C)N(CCCC=C)C(=O)O. The molecule has 2 aliphatic carbocycles. The van der Waals surface area contributed by atoms with Crippen molar-refractivity contribution in [3.63, 3.8) is 0 Å². The highest BCUT2D eigenvalue weighted by atomic mass is 32.2. The van der Waals surface area contributed by atoms with E-state index in [-0.39, 0.29) is 32.4 Å². The van der Waals surface area contributed by atoms with Gasteiger partial charge in [-0.15, -0.1) is 19.7 Å². The Hall–Kier alpha value is -5.96. The Morgan fingerprint density at radius 2 is 1.73 bits per heavy atom. The topological polar surface area (TPSA) is 185 Å². The van der Waals surface area contributed by atoms with Crippen LogP contribution in [-0.2, 0) is 24.4 Å². The molecule has 1 aromatic heterocycles. The van der Waals surface area contributed by atoms with Gasteiger partial charge in [0, 0.05) is 47.5 Å². The van der Waals surface area contributed by atoms with Crippen LogP contribution in [0.15, 0.2) is 93.1 Å². The summed E-state index contributed by atoms with van der Waals surface area (Å²) in [7, 11) is -2.39. The number of benzene rings is 2. The fourth-order valence-corrected chi connectivity index (χ4v) is 9.57. The number of carboxylic acid groups (broad SMARTS) is 1. The molecule has 0 radical (unpaired) electrons. The van der Waals surface area contributed by atoms with Crippen molar-refractivity contribution in [1.29, 1.82) is 0 Å². The Balaban J connectivity index is 1.38. The normalized spacial score (nSPS) is 21.0. The molecule has 4 amide bonds. The monoisotopic (exact) mass is 867 g/mol. The number of unbranched alkanes of at least 4 members (excludes halogenated alkanes) is 4. The van der Waals surface area contributed by atoms with Crippen molar-refractivity contribution < 1.29 is 42.2 Å². The van der Waals surface area contributed by atoms with Gasteiger partial charge in [0.1, 0.15) is 35.2 Å². The number of ether oxygens (including phenoxy) is 2. The molecule has 3 fully saturated rings. The first-order valence-electron chi connectivity index (χ1n) is 21.2. The summed E-state index contributed by atoms with van der Waals surface area (Å²) in [6, 6.07) is 12.6. The maximum absolute atomic E-state index is 15.0. The number of fused-ring (bicyclic) bond motifs is 1. The zero-order valence-electron chi connectivity index (χ0n) is 35.3. The minimum Gasteiger partial charge on any atom is -0.496 e. The molecule has 330 valence electrons. The maximum Gasteiger partial charge on any atom is 0.407 e. The fourth-order valence-electron chi connectivity index (χ4n) is 8.20. The summed E-state index contributed by atoms with van der Waals surface area (Å²) in [6.07, 6.45) is 9.57. The first-order valence-corrected chi connectivity index (χ1v) is 22.7. The molecule has 2 aromatic carbocycles. The molecule has 3 aromatic rings. The Labute approximate surface area is 363 Å². The number of carbonyl (C=O) groups excluding carboxylic acids is 3. The number of hydrogen-bond acceptors (Lipinski definition) is 9. The number of nitrogens with zero attached hydrogens (tertiary/aromatic N) is 3.